The molecule has 1 N–H and O–H groups in total. The Hall–Kier alpha value is -4.20. The highest BCUT2D eigenvalue weighted by Crippen LogP contribution is 2.52. The number of nitrogens with zero attached hydrogens (tertiary/aromatic N) is 3. The molecule has 2 heterocycles. The molecule has 3 aromatic carbocycles. The van der Waals surface area contributed by atoms with Crippen LogP contribution in [0.5, 0.6) is 0 Å². The number of halogens is 1. The predicted octanol–water partition coefficient (Wildman–Crippen LogP) is 6.53. The molecule has 0 bridgehead atoms. The van der Waals surface area contributed by atoms with E-state index in [0.717, 1.165) is 48.9 Å². The van der Waals surface area contributed by atoms with Crippen molar-refractivity contribution >= 4 is 28.2 Å². The zero-order chi connectivity index (χ0) is 27.3. The molecule has 0 atom stereocenters. The molecule has 6 rings (SSSR count). The van der Waals surface area contributed by atoms with Crippen molar-refractivity contribution in [2.75, 3.05) is 25.5 Å². The number of nitrogens with one attached hydrogen (secondary N) is 1. The zero-order valence-corrected chi connectivity index (χ0v) is 22.1. The van der Waals surface area contributed by atoms with Gasteiger partial charge in [0.25, 0.3) is 11.6 Å². The van der Waals surface area contributed by atoms with Gasteiger partial charge in [-0.3, -0.25) is 14.9 Å². The quantitative estimate of drug-likeness (QED) is 0.242. The number of nitro benzene ring substituents is 1. The van der Waals surface area contributed by atoms with Crippen LogP contribution < -0.4 is 4.90 Å². The number of carbonyl (C=O) groups is 1. The van der Waals surface area contributed by atoms with Gasteiger partial charge in [0.1, 0.15) is 5.82 Å². The van der Waals surface area contributed by atoms with Crippen molar-refractivity contribution in [2.45, 2.75) is 43.6 Å². The van der Waals surface area contributed by atoms with Gasteiger partial charge in [-0.05, 0) is 73.4 Å². The summed E-state index contributed by atoms with van der Waals surface area (Å²) in [6.07, 6.45) is 3.82. The van der Waals surface area contributed by atoms with E-state index in [4.69, 9.17) is 0 Å². The number of benzene rings is 3. The number of hydrogen-bond acceptors (Lipinski definition) is 4. The highest BCUT2D eigenvalue weighted by Gasteiger charge is 2.49. The Morgan fingerprint density at radius 3 is 2.46 bits per heavy atom. The van der Waals surface area contributed by atoms with Crippen LogP contribution in [0.25, 0.3) is 10.9 Å². The molecule has 0 saturated heterocycles. The Morgan fingerprint density at radius 1 is 1.05 bits per heavy atom. The lowest BCUT2D eigenvalue weighted by molar-refractivity contribution is -0.384. The fraction of sp³-hybridized carbons (Fsp3) is 0.323. The second-order valence-electron chi connectivity index (χ2n) is 10.9. The summed E-state index contributed by atoms with van der Waals surface area (Å²) in [7, 11) is 3.74. The number of H-pyrrole nitrogens is 1. The minimum absolute atomic E-state index is 0.0369. The van der Waals surface area contributed by atoms with E-state index >= 15 is 0 Å². The molecule has 8 heteroatoms. The second kappa shape index (κ2) is 9.52. The van der Waals surface area contributed by atoms with E-state index in [-0.39, 0.29) is 23.3 Å². The van der Waals surface area contributed by atoms with E-state index in [2.05, 4.69) is 17.1 Å². The summed E-state index contributed by atoms with van der Waals surface area (Å²) in [6.45, 7) is 0.568. The molecule has 200 valence electrons. The monoisotopic (exact) mass is 526 g/mol. The standard InChI is InChI=1S/C31H31FN4O3/c1-34(2)28-23(7-5-8-26(28)32)20-14-17-31(18-15-20)29-25(24-6-3-4-9-27(24)33-29)16-19-35(31)30(37)21-10-12-22(13-11-21)36(38)39/h3-13,20,33H,14-19H2,1-2H3. The molecule has 1 saturated carbocycles. The number of nitro groups is 1. The number of para-hydroxylation sites is 2. The molecular weight excluding hydrogens is 495 g/mol. The highest BCUT2D eigenvalue weighted by atomic mass is 19.1. The summed E-state index contributed by atoms with van der Waals surface area (Å²) in [6, 6.07) is 19.5. The Kier molecular flexibility index (Phi) is 6.13. The number of hydrogen-bond donors (Lipinski definition) is 1. The molecule has 1 aliphatic carbocycles. The summed E-state index contributed by atoms with van der Waals surface area (Å²) in [5.74, 6) is -0.162. The third-order valence-corrected chi connectivity index (χ3v) is 8.67. The van der Waals surface area contributed by atoms with Gasteiger partial charge in [-0.2, -0.15) is 0 Å². The SMILES string of the molecule is CN(C)c1c(F)cccc1C1CCC2(CC1)c1[nH]c3ccccc3c1CCN2C(=O)c1ccc([N+](=O)[O-])cc1. The third-order valence-electron chi connectivity index (χ3n) is 8.67. The van der Waals surface area contributed by atoms with Gasteiger partial charge in [0, 0.05) is 54.9 Å². The Balaban J connectivity index is 1.40. The van der Waals surface area contributed by atoms with Crippen LogP contribution in [0.15, 0.2) is 66.7 Å². The normalized spacial score (nSPS) is 20.7. The first-order valence-electron chi connectivity index (χ1n) is 13.4. The van der Waals surface area contributed by atoms with Gasteiger partial charge in [-0.1, -0.05) is 30.3 Å². The van der Waals surface area contributed by atoms with Gasteiger partial charge in [0.15, 0.2) is 0 Å². The van der Waals surface area contributed by atoms with Gasteiger partial charge in [-0.25, -0.2) is 4.39 Å². The highest BCUT2D eigenvalue weighted by molar-refractivity contribution is 5.96. The molecule has 1 aliphatic heterocycles. The average molecular weight is 527 g/mol. The van der Waals surface area contributed by atoms with Gasteiger partial charge < -0.3 is 14.8 Å². The minimum atomic E-state index is -0.534. The first kappa shape index (κ1) is 25.1. The molecule has 2 aliphatic rings. The van der Waals surface area contributed by atoms with Crippen molar-refractivity contribution in [3.63, 3.8) is 0 Å². The number of anilines is 1. The lowest BCUT2D eigenvalue weighted by Gasteiger charge is -2.51. The fourth-order valence-corrected chi connectivity index (χ4v) is 6.87. The number of rotatable bonds is 4. The Morgan fingerprint density at radius 2 is 1.77 bits per heavy atom. The second-order valence-corrected chi connectivity index (χ2v) is 10.9. The van der Waals surface area contributed by atoms with Crippen LogP contribution in [-0.2, 0) is 12.0 Å². The van der Waals surface area contributed by atoms with Gasteiger partial charge in [0.2, 0.25) is 0 Å². The van der Waals surface area contributed by atoms with Crippen molar-refractivity contribution in [3.05, 3.63) is 105 Å². The summed E-state index contributed by atoms with van der Waals surface area (Å²) in [4.78, 5) is 32.2. The topological polar surface area (TPSA) is 82.5 Å². The third kappa shape index (κ3) is 4.06. The number of fused-ring (bicyclic) bond motifs is 4. The molecule has 0 radical (unpaired) electrons. The number of non-ortho nitro benzene ring substituents is 1. The summed E-state index contributed by atoms with van der Waals surface area (Å²) in [5.41, 5.74) is 4.93. The maximum atomic E-state index is 14.8. The summed E-state index contributed by atoms with van der Waals surface area (Å²) >= 11 is 0. The maximum absolute atomic E-state index is 14.8. The van der Waals surface area contributed by atoms with E-state index in [9.17, 15) is 19.3 Å². The molecular formula is C31H31FN4O3. The lowest BCUT2D eigenvalue weighted by atomic mass is 9.69. The largest absolute Gasteiger partial charge is 0.375 e. The van der Waals surface area contributed by atoms with Crippen LogP contribution in [0.1, 0.15) is 58.8 Å². The van der Waals surface area contributed by atoms with Crippen molar-refractivity contribution < 1.29 is 14.1 Å². The van der Waals surface area contributed by atoms with Crippen LogP contribution in [-0.4, -0.2) is 41.4 Å². The maximum Gasteiger partial charge on any atom is 0.269 e. The number of carbonyl (C=O) groups excluding carboxylic acids is 1. The van der Waals surface area contributed by atoms with Gasteiger partial charge in [-0.15, -0.1) is 0 Å². The Bertz CT molecular complexity index is 1570. The van der Waals surface area contributed by atoms with E-state index in [0.29, 0.717) is 17.8 Å². The van der Waals surface area contributed by atoms with E-state index in [1.165, 1.54) is 29.1 Å². The van der Waals surface area contributed by atoms with Crippen molar-refractivity contribution in [1.82, 2.24) is 9.88 Å². The molecule has 7 nitrogen and oxygen atoms in total. The predicted molar refractivity (Wildman–Crippen MR) is 150 cm³/mol. The molecule has 4 aromatic rings. The molecule has 1 aromatic heterocycles. The first-order chi connectivity index (χ1) is 18.8. The summed E-state index contributed by atoms with van der Waals surface area (Å²) < 4.78 is 14.8. The molecule has 1 spiro atoms. The fourth-order valence-electron chi connectivity index (χ4n) is 6.87. The van der Waals surface area contributed by atoms with Crippen LogP contribution in [0, 0.1) is 15.9 Å². The van der Waals surface area contributed by atoms with E-state index in [1.807, 2.05) is 42.1 Å². The molecule has 39 heavy (non-hydrogen) atoms. The number of aromatic amines is 1. The molecule has 1 amide bonds. The van der Waals surface area contributed by atoms with Crippen LogP contribution in [0.2, 0.25) is 0 Å². The van der Waals surface area contributed by atoms with Crippen molar-refractivity contribution in [1.29, 1.82) is 0 Å². The summed E-state index contributed by atoms with van der Waals surface area (Å²) in [5, 5.41) is 12.4. The lowest BCUT2D eigenvalue weighted by Crippen LogP contribution is -2.55. The molecule has 0 unspecified atom stereocenters. The van der Waals surface area contributed by atoms with Crippen LogP contribution >= 0.6 is 0 Å². The Labute approximate surface area is 226 Å². The van der Waals surface area contributed by atoms with E-state index < -0.39 is 10.5 Å². The minimum Gasteiger partial charge on any atom is -0.375 e. The average Bonchev–Trinajstić information content (AvgIpc) is 3.33. The zero-order valence-electron chi connectivity index (χ0n) is 22.1. The van der Waals surface area contributed by atoms with E-state index in [1.54, 1.807) is 18.2 Å². The number of amides is 1. The van der Waals surface area contributed by atoms with Crippen molar-refractivity contribution in [3.8, 4) is 0 Å². The molecule has 1 fully saturated rings. The first-order valence-corrected chi connectivity index (χ1v) is 13.4. The van der Waals surface area contributed by atoms with Gasteiger partial charge >= 0.3 is 0 Å². The number of aromatic nitrogens is 1. The van der Waals surface area contributed by atoms with Gasteiger partial charge in [0.05, 0.1) is 16.1 Å². The smallest absolute Gasteiger partial charge is 0.269 e. The van der Waals surface area contributed by atoms with Crippen molar-refractivity contribution in [2.24, 2.45) is 0 Å². The van der Waals surface area contributed by atoms with Crippen LogP contribution in [0.4, 0.5) is 15.8 Å². The van der Waals surface area contributed by atoms with Crippen LogP contribution in [0.3, 0.4) is 0 Å².